The van der Waals surface area contributed by atoms with Crippen molar-refractivity contribution in [2.75, 3.05) is 5.75 Å². The molecule has 1 saturated heterocycles. The summed E-state index contributed by atoms with van der Waals surface area (Å²) < 4.78 is 23.4. The molecule has 1 aliphatic heterocycles. The summed E-state index contributed by atoms with van der Waals surface area (Å²) in [7, 11) is -3.08. The summed E-state index contributed by atoms with van der Waals surface area (Å²) >= 11 is 0. The van der Waals surface area contributed by atoms with Gasteiger partial charge in [0.25, 0.3) is 5.56 Å². The van der Waals surface area contributed by atoms with Crippen molar-refractivity contribution in [3.05, 3.63) is 33.7 Å². The van der Waals surface area contributed by atoms with Crippen LogP contribution in [0.5, 0.6) is 0 Å². The van der Waals surface area contributed by atoms with E-state index in [1.165, 1.54) is 0 Å². The molecule has 0 aromatic carbocycles. The third-order valence-corrected chi connectivity index (χ3v) is 5.12. The Bertz CT molecular complexity index is 547. The molecule has 1 atom stereocenters. The summed E-state index contributed by atoms with van der Waals surface area (Å²) in [5.74, 6) is 0.207. The largest absolute Gasteiger partial charge is 0.326 e. The number of pyridine rings is 1. The minimum absolute atomic E-state index is 0.160. The van der Waals surface area contributed by atoms with Crippen molar-refractivity contribution in [2.45, 2.75) is 24.6 Å². The molecule has 0 saturated carbocycles. The molecule has 0 amide bonds. The lowest BCUT2D eigenvalue weighted by Gasteiger charge is -2.09. The number of rotatable bonds is 2. The van der Waals surface area contributed by atoms with Crippen molar-refractivity contribution >= 4 is 9.84 Å². The Labute approximate surface area is 93.6 Å². The Morgan fingerprint density at radius 3 is 2.69 bits per heavy atom. The van der Waals surface area contributed by atoms with Gasteiger partial charge in [-0.1, -0.05) is 6.07 Å². The second kappa shape index (κ2) is 4.03. The zero-order valence-corrected chi connectivity index (χ0v) is 9.59. The lowest BCUT2D eigenvalue weighted by atomic mass is 10.1. The first-order valence-corrected chi connectivity index (χ1v) is 6.90. The SMILES string of the molecule is NCc1ccc(C2CCCS2(=O)=O)[nH]c1=O. The lowest BCUT2D eigenvalue weighted by molar-refractivity contribution is 0.590. The fourth-order valence-electron chi connectivity index (χ4n) is 2.01. The number of aromatic nitrogens is 1. The van der Waals surface area contributed by atoms with Crippen molar-refractivity contribution in [1.82, 2.24) is 4.98 Å². The quantitative estimate of drug-likeness (QED) is 0.768. The Kier molecular flexibility index (Phi) is 2.86. The Morgan fingerprint density at radius 1 is 1.44 bits per heavy atom. The molecule has 1 aromatic heterocycles. The van der Waals surface area contributed by atoms with Crippen molar-refractivity contribution in [1.29, 1.82) is 0 Å². The highest BCUT2D eigenvalue weighted by Gasteiger charge is 2.33. The highest BCUT2D eigenvalue weighted by molar-refractivity contribution is 7.91. The molecule has 6 heteroatoms. The second-order valence-corrected chi connectivity index (χ2v) is 6.27. The molecule has 16 heavy (non-hydrogen) atoms. The molecule has 1 fully saturated rings. The number of hydrogen-bond acceptors (Lipinski definition) is 4. The molecule has 2 rings (SSSR count). The van der Waals surface area contributed by atoms with Crippen LogP contribution in [-0.2, 0) is 16.4 Å². The van der Waals surface area contributed by atoms with Crippen LogP contribution in [0.1, 0.15) is 29.3 Å². The maximum atomic E-state index is 11.7. The van der Waals surface area contributed by atoms with Crippen LogP contribution >= 0.6 is 0 Å². The summed E-state index contributed by atoms with van der Waals surface area (Å²) in [6.45, 7) is 0.160. The number of aromatic amines is 1. The van der Waals surface area contributed by atoms with E-state index in [1.807, 2.05) is 0 Å². The minimum atomic E-state index is -3.08. The summed E-state index contributed by atoms with van der Waals surface area (Å²) in [6, 6.07) is 3.25. The van der Waals surface area contributed by atoms with Crippen LogP contribution in [0, 0.1) is 0 Å². The van der Waals surface area contributed by atoms with E-state index in [4.69, 9.17) is 5.73 Å². The maximum absolute atomic E-state index is 11.7. The van der Waals surface area contributed by atoms with Crippen molar-refractivity contribution in [2.24, 2.45) is 5.73 Å². The second-order valence-electron chi connectivity index (χ2n) is 3.97. The van der Waals surface area contributed by atoms with Gasteiger partial charge in [-0.15, -0.1) is 0 Å². The van der Waals surface area contributed by atoms with E-state index >= 15 is 0 Å². The van der Waals surface area contributed by atoms with Gasteiger partial charge >= 0.3 is 0 Å². The van der Waals surface area contributed by atoms with Gasteiger partial charge in [0.1, 0.15) is 5.25 Å². The molecule has 0 aliphatic carbocycles. The van der Waals surface area contributed by atoms with Crippen LogP contribution in [0.4, 0.5) is 0 Å². The zero-order chi connectivity index (χ0) is 11.8. The minimum Gasteiger partial charge on any atom is -0.326 e. The van der Waals surface area contributed by atoms with Gasteiger partial charge in [-0.25, -0.2) is 8.42 Å². The summed E-state index contributed by atoms with van der Waals surface area (Å²) in [6.07, 6.45) is 1.24. The van der Waals surface area contributed by atoms with Gasteiger partial charge in [0, 0.05) is 17.8 Å². The fraction of sp³-hybridized carbons (Fsp3) is 0.500. The fourth-order valence-corrected chi connectivity index (χ4v) is 3.91. The van der Waals surface area contributed by atoms with E-state index in [1.54, 1.807) is 12.1 Å². The predicted molar refractivity (Wildman–Crippen MR) is 60.7 cm³/mol. The van der Waals surface area contributed by atoms with Crippen LogP contribution in [0.25, 0.3) is 0 Å². The number of sulfone groups is 1. The number of hydrogen-bond donors (Lipinski definition) is 2. The average Bonchev–Trinajstić information content (AvgIpc) is 2.58. The van der Waals surface area contributed by atoms with E-state index in [9.17, 15) is 13.2 Å². The summed E-state index contributed by atoms with van der Waals surface area (Å²) in [5, 5.41) is -0.549. The van der Waals surface area contributed by atoms with Gasteiger partial charge < -0.3 is 10.7 Å². The third-order valence-electron chi connectivity index (χ3n) is 2.91. The highest BCUT2D eigenvalue weighted by atomic mass is 32.2. The Balaban J connectivity index is 2.43. The molecule has 1 unspecified atom stereocenters. The maximum Gasteiger partial charge on any atom is 0.252 e. The molecular weight excluding hydrogens is 228 g/mol. The monoisotopic (exact) mass is 242 g/mol. The highest BCUT2D eigenvalue weighted by Crippen LogP contribution is 2.32. The smallest absolute Gasteiger partial charge is 0.252 e. The van der Waals surface area contributed by atoms with E-state index in [0.717, 1.165) is 0 Å². The number of nitrogens with one attached hydrogen (secondary N) is 1. The summed E-state index contributed by atoms with van der Waals surface area (Å²) in [4.78, 5) is 14.1. The molecule has 2 heterocycles. The van der Waals surface area contributed by atoms with E-state index in [0.29, 0.717) is 24.1 Å². The third kappa shape index (κ3) is 1.90. The summed E-state index contributed by atoms with van der Waals surface area (Å²) in [5.41, 5.74) is 6.04. The van der Waals surface area contributed by atoms with Gasteiger partial charge in [-0.05, 0) is 18.9 Å². The number of H-pyrrole nitrogens is 1. The van der Waals surface area contributed by atoms with Gasteiger partial charge in [0.2, 0.25) is 0 Å². The van der Waals surface area contributed by atoms with Crippen LogP contribution in [0.3, 0.4) is 0 Å². The van der Waals surface area contributed by atoms with Gasteiger partial charge in [-0.3, -0.25) is 4.79 Å². The topological polar surface area (TPSA) is 93.0 Å². The van der Waals surface area contributed by atoms with Gasteiger partial charge in [0.15, 0.2) is 9.84 Å². The van der Waals surface area contributed by atoms with Crippen molar-refractivity contribution in [3.8, 4) is 0 Å². The first-order valence-electron chi connectivity index (χ1n) is 5.18. The van der Waals surface area contributed by atoms with Gasteiger partial charge in [-0.2, -0.15) is 0 Å². The Morgan fingerprint density at radius 2 is 2.19 bits per heavy atom. The molecule has 1 aliphatic rings. The van der Waals surface area contributed by atoms with Crippen LogP contribution < -0.4 is 11.3 Å². The molecule has 0 radical (unpaired) electrons. The number of nitrogens with two attached hydrogens (primary N) is 1. The average molecular weight is 242 g/mol. The first-order chi connectivity index (χ1) is 7.54. The molecule has 1 aromatic rings. The molecule has 88 valence electrons. The van der Waals surface area contributed by atoms with Gasteiger partial charge in [0.05, 0.1) is 5.75 Å². The Hall–Kier alpha value is -1.14. The van der Waals surface area contributed by atoms with E-state index < -0.39 is 15.1 Å². The van der Waals surface area contributed by atoms with Crippen LogP contribution in [0.15, 0.2) is 16.9 Å². The van der Waals surface area contributed by atoms with E-state index in [2.05, 4.69) is 4.98 Å². The normalized spacial score (nSPS) is 23.4. The molecule has 0 bridgehead atoms. The molecule has 0 spiro atoms. The predicted octanol–water partition coefficient (Wildman–Crippen LogP) is 0.0833. The molecular formula is C10H14N2O3S. The lowest BCUT2D eigenvalue weighted by Crippen LogP contribution is -2.20. The molecule has 3 N–H and O–H groups in total. The van der Waals surface area contributed by atoms with Crippen LogP contribution in [0.2, 0.25) is 0 Å². The van der Waals surface area contributed by atoms with Crippen molar-refractivity contribution in [3.63, 3.8) is 0 Å². The van der Waals surface area contributed by atoms with E-state index in [-0.39, 0.29) is 17.9 Å². The molecule has 5 nitrogen and oxygen atoms in total. The van der Waals surface area contributed by atoms with Crippen molar-refractivity contribution < 1.29 is 8.42 Å². The zero-order valence-electron chi connectivity index (χ0n) is 8.77. The first kappa shape index (κ1) is 11.3. The van der Waals surface area contributed by atoms with Crippen LogP contribution in [-0.4, -0.2) is 19.2 Å². The standard InChI is InChI=1S/C10H14N2O3S/c11-6-7-3-4-8(12-10(7)13)9-2-1-5-16(9,14)15/h3-4,9H,1-2,5-6,11H2,(H,12,13).